The Morgan fingerprint density at radius 1 is 0.733 bits per heavy atom. The van der Waals surface area contributed by atoms with E-state index in [1.807, 2.05) is 0 Å². The molecule has 0 aliphatic carbocycles. The Hall–Kier alpha value is -0.660. The van der Waals surface area contributed by atoms with E-state index >= 15 is 0 Å². The van der Waals surface area contributed by atoms with Crippen LogP contribution in [0.4, 0.5) is 0 Å². The van der Waals surface area contributed by atoms with Gasteiger partial charge in [0.15, 0.2) is 0 Å². The third kappa shape index (κ3) is 8.46. The van der Waals surface area contributed by atoms with Crippen LogP contribution in [-0.4, -0.2) is 6.88 Å². The maximum atomic E-state index is 3.25. The number of benzene rings is 2. The van der Waals surface area contributed by atoms with E-state index in [1.165, 1.54) is 67.1 Å². The van der Waals surface area contributed by atoms with Crippen LogP contribution in [0.3, 0.4) is 0 Å². The molecular formula is C26H33Cl2SiZr-3. The second-order valence-electron chi connectivity index (χ2n) is 6.59. The molecule has 0 saturated carbocycles. The van der Waals surface area contributed by atoms with Gasteiger partial charge < -0.3 is 6.92 Å². The van der Waals surface area contributed by atoms with Crippen molar-refractivity contribution in [3.63, 3.8) is 0 Å². The molecule has 0 N–H and O–H groups in total. The van der Waals surface area contributed by atoms with Crippen LogP contribution >= 0.6 is 24.8 Å². The van der Waals surface area contributed by atoms with E-state index in [-0.39, 0.29) is 24.8 Å². The Morgan fingerprint density at radius 2 is 1.07 bits per heavy atom. The van der Waals surface area contributed by atoms with Gasteiger partial charge in [0, 0.05) is 0 Å². The molecule has 162 valence electrons. The fourth-order valence-corrected chi connectivity index (χ4v) is 3.31. The molecule has 4 rings (SSSR count). The summed E-state index contributed by atoms with van der Waals surface area (Å²) < 4.78 is 0. The molecule has 4 heteroatoms. The van der Waals surface area contributed by atoms with Crippen molar-refractivity contribution in [1.29, 1.82) is 0 Å². The molecule has 4 aromatic rings. The predicted molar refractivity (Wildman–Crippen MR) is 139 cm³/mol. The van der Waals surface area contributed by atoms with Gasteiger partial charge in [-0.15, -0.1) is 93.9 Å². The molecule has 0 unspecified atom stereocenters. The van der Waals surface area contributed by atoms with Crippen LogP contribution in [0.25, 0.3) is 21.5 Å². The molecule has 0 amide bonds. The molecule has 0 fully saturated rings. The summed E-state index contributed by atoms with van der Waals surface area (Å²) in [5, 5.41) is 5.59. The minimum atomic E-state index is 0. The first kappa shape index (κ1) is 31.5. The van der Waals surface area contributed by atoms with Crippen molar-refractivity contribution in [3.05, 3.63) is 89.8 Å². The van der Waals surface area contributed by atoms with Gasteiger partial charge in [0.05, 0.1) is 0 Å². The maximum absolute atomic E-state index is 3.25. The first-order chi connectivity index (χ1) is 13.6. The van der Waals surface area contributed by atoms with Crippen LogP contribution < -0.4 is 0 Å². The van der Waals surface area contributed by atoms with E-state index in [0.717, 1.165) is 12.8 Å². The van der Waals surface area contributed by atoms with Crippen molar-refractivity contribution >= 4 is 53.2 Å². The molecule has 0 nitrogen and oxygen atoms in total. The van der Waals surface area contributed by atoms with Crippen LogP contribution in [0, 0.1) is 20.8 Å². The predicted octanol–water partition coefficient (Wildman–Crippen LogP) is 8.16. The summed E-state index contributed by atoms with van der Waals surface area (Å²) in [5.74, 6) is 0. The number of rotatable bonds is 2. The van der Waals surface area contributed by atoms with Gasteiger partial charge in [-0.1, -0.05) is 37.1 Å². The Bertz CT molecular complexity index is 905. The van der Waals surface area contributed by atoms with Gasteiger partial charge in [0.2, 0.25) is 0 Å². The van der Waals surface area contributed by atoms with Crippen molar-refractivity contribution in [1.82, 2.24) is 0 Å². The molecular weight excluding hydrogens is 503 g/mol. The fraction of sp³-hybridized carbons (Fsp3) is 0.269. The zero-order valence-electron chi connectivity index (χ0n) is 18.7. The van der Waals surface area contributed by atoms with Crippen molar-refractivity contribution in [3.8, 4) is 0 Å². The molecule has 0 aliphatic rings. The van der Waals surface area contributed by atoms with Crippen LogP contribution in [0.5, 0.6) is 0 Å². The van der Waals surface area contributed by atoms with Crippen LogP contribution in [0.2, 0.25) is 0 Å². The number of hydrogen-bond donors (Lipinski definition) is 0. The van der Waals surface area contributed by atoms with Crippen LogP contribution in [-0.2, 0) is 36.2 Å². The molecule has 0 atom stereocenters. The number of fused-ring (bicyclic) bond motifs is 2. The minimum absolute atomic E-state index is 0. The average molecular weight is 536 g/mol. The van der Waals surface area contributed by atoms with Gasteiger partial charge in [0.25, 0.3) is 0 Å². The molecule has 0 aliphatic heterocycles. The molecule has 0 spiro atoms. The van der Waals surface area contributed by atoms with Crippen molar-refractivity contribution in [2.75, 3.05) is 0 Å². The summed E-state index contributed by atoms with van der Waals surface area (Å²) in [5.41, 5.74) is 5.65. The van der Waals surface area contributed by atoms with E-state index < -0.39 is 0 Å². The van der Waals surface area contributed by atoms with Gasteiger partial charge in [-0.05, 0) is 26.7 Å². The van der Waals surface area contributed by atoms with Gasteiger partial charge in [-0.25, -0.2) is 0 Å². The molecule has 0 saturated heterocycles. The summed E-state index contributed by atoms with van der Waals surface area (Å²) in [4.78, 5) is 0. The van der Waals surface area contributed by atoms with Gasteiger partial charge in [-0.2, -0.15) is 19.1 Å². The van der Waals surface area contributed by atoms with Crippen molar-refractivity contribution in [2.45, 2.75) is 47.5 Å². The Kier molecular flexibility index (Phi) is 17.8. The fourth-order valence-electron chi connectivity index (χ4n) is 3.31. The quantitative estimate of drug-likeness (QED) is 0.179. The Balaban J connectivity index is 0. The average Bonchev–Trinajstić information content (AvgIpc) is 3.37. The number of aryl methyl sites for hydroxylation is 4. The Labute approximate surface area is 212 Å². The summed E-state index contributed by atoms with van der Waals surface area (Å²) in [6, 6.07) is 22.1. The van der Waals surface area contributed by atoms with Crippen LogP contribution in [0.1, 0.15) is 43.0 Å². The first-order valence-electron chi connectivity index (χ1n) is 9.88. The van der Waals surface area contributed by atoms with E-state index in [2.05, 4.69) is 102 Å². The SMILES string of the molecule is CCc1cc2c(C)cccc2[cH-]1.CCc1cc2c(C)cccc2[cH-]1.Cl.Cl.[CH2-]C.[Si]=[Zr]. The third-order valence-corrected chi connectivity index (χ3v) is 4.87. The summed E-state index contributed by atoms with van der Waals surface area (Å²) in [7, 11) is 0. The van der Waals surface area contributed by atoms with Crippen LogP contribution in [0.15, 0.2) is 60.7 Å². The van der Waals surface area contributed by atoms with Crippen molar-refractivity contribution < 1.29 is 23.3 Å². The topological polar surface area (TPSA) is 0 Å². The van der Waals surface area contributed by atoms with E-state index in [1.54, 1.807) is 6.92 Å². The second-order valence-corrected chi connectivity index (χ2v) is 6.59. The molecule has 0 heterocycles. The molecule has 4 aromatic carbocycles. The molecule has 2 radical (unpaired) electrons. The second kappa shape index (κ2) is 17.0. The standard InChI is InChI=1S/2C12H13.C2H5.2ClH.Si.Zr/c2*1-3-10-7-11-6-4-5-9(2)12(11)8-10;1-2;;;;/h2*4-8H,3H2,1-2H3;1H2,2H3;2*1H;;/q3*-1;;;;. The van der Waals surface area contributed by atoms with Gasteiger partial charge >= 0.3 is 30.2 Å². The third-order valence-electron chi connectivity index (χ3n) is 4.87. The van der Waals surface area contributed by atoms with Crippen molar-refractivity contribution in [2.24, 2.45) is 0 Å². The monoisotopic (exact) mass is 533 g/mol. The first-order valence-corrected chi connectivity index (χ1v) is 14.1. The van der Waals surface area contributed by atoms with E-state index in [9.17, 15) is 0 Å². The number of halogens is 2. The van der Waals surface area contributed by atoms with E-state index in [4.69, 9.17) is 0 Å². The zero-order chi connectivity index (χ0) is 21.1. The summed E-state index contributed by atoms with van der Waals surface area (Å²) in [6.07, 6.45) is 2.27. The molecule has 0 aromatic heterocycles. The Morgan fingerprint density at radius 3 is 1.33 bits per heavy atom. The zero-order valence-corrected chi connectivity index (χ0v) is 23.8. The summed E-state index contributed by atoms with van der Waals surface area (Å²) in [6.45, 7) is 16.8. The van der Waals surface area contributed by atoms with Gasteiger partial charge in [-0.3, -0.25) is 0 Å². The number of hydrogen-bond acceptors (Lipinski definition) is 0. The summed E-state index contributed by atoms with van der Waals surface area (Å²) >= 11 is 1.36. The van der Waals surface area contributed by atoms with Gasteiger partial charge in [0.1, 0.15) is 0 Å². The normalized spacial score (nSPS) is 8.97. The van der Waals surface area contributed by atoms with E-state index in [0.29, 0.717) is 0 Å². The molecule has 0 bridgehead atoms. The molecule has 30 heavy (non-hydrogen) atoms.